The van der Waals surface area contributed by atoms with Gasteiger partial charge >= 0.3 is 0 Å². The third kappa shape index (κ3) is 3.28. The van der Waals surface area contributed by atoms with Crippen LogP contribution in [-0.2, 0) is 0 Å². The van der Waals surface area contributed by atoms with Gasteiger partial charge in [0.15, 0.2) is 0 Å². The summed E-state index contributed by atoms with van der Waals surface area (Å²) in [6.07, 6.45) is 0. The molecule has 108 valence electrons. The highest BCUT2D eigenvalue weighted by Gasteiger charge is 2.16. The minimum atomic E-state index is -0.592. The van der Waals surface area contributed by atoms with Crippen molar-refractivity contribution >= 4 is 34.6 Å². The molecule has 2 aromatic carbocycles. The van der Waals surface area contributed by atoms with E-state index in [-0.39, 0.29) is 16.9 Å². The monoisotopic (exact) mass is 306 g/mol. The summed E-state index contributed by atoms with van der Waals surface area (Å²) in [5.74, 6) is 4.78. The van der Waals surface area contributed by atoms with Crippen LogP contribution in [0.1, 0.15) is 10.4 Å². The maximum Gasteiger partial charge on any atom is 0.293 e. The number of nitrogen functional groups attached to an aromatic ring is 1. The van der Waals surface area contributed by atoms with E-state index in [9.17, 15) is 14.9 Å². The second-order valence-electron chi connectivity index (χ2n) is 4.07. The van der Waals surface area contributed by atoms with Gasteiger partial charge in [-0.1, -0.05) is 23.7 Å². The highest BCUT2D eigenvalue weighted by molar-refractivity contribution is 6.33. The van der Waals surface area contributed by atoms with Gasteiger partial charge in [-0.25, -0.2) is 0 Å². The van der Waals surface area contributed by atoms with Crippen molar-refractivity contribution in [3.63, 3.8) is 0 Å². The van der Waals surface area contributed by atoms with Gasteiger partial charge in [0.1, 0.15) is 5.69 Å². The number of hydrogen-bond acceptors (Lipinski definition) is 5. The summed E-state index contributed by atoms with van der Waals surface area (Å²) in [5, 5.41) is 13.8. The van der Waals surface area contributed by atoms with Gasteiger partial charge in [-0.2, -0.15) is 0 Å². The Bertz CT molecular complexity index is 706. The molecule has 2 aromatic rings. The molecule has 0 unspecified atom stereocenters. The quantitative estimate of drug-likeness (QED) is 0.457. The molecule has 0 spiro atoms. The zero-order valence-corrected chi connectivity index (χ0v) is 11.4. The first-order valence-electron chi connectivity index (χ1n) is 5.84. The van der Waals surface area contributed by atoms with Gasteiger partial charge in [-0.05, 0) is 24.3 Å². The summed E-state index contributed by atoms with van der Waals surface area (Å²) in [6.45, 7) is 0. The van der Waals surface area contributed by atoms with Gasteiger partial charge in [0.2, 0.25) is 0 Å². The fourth-order valence-corrected chi connectivity index (χ4v) is 1.89. The molecule has 0 radical (unpaired) electrons. The Balaban J connectivity index is 2.28. The number of amides is 1. The van der Waals surface area contributed by atoms with Crippen LogP contribution in [0.15, 0.2) is 42.5 Å². The number of para-hydroxylation sites is 1. The van der Waals surface area contributed by atoms with Gasteiger partial charge in [0, 0.05) is 11.6 Å². The van der Waals surface area contributed by atoms with Crippen LogP contribution in [0.5, 0.6) is 0 Å². The molecular weight excluding hydrogens is 296 g/mol. The molecular formula is C13H11ClN4O3. The van der Waals surface area contributed by atoms with Gasteiger partial charge in [-0.3, -0.25) is 20.8 Å². The van der Waals surface area contributed by atoms with Crippen molar-refractivity contribution in [2.45, 2.75) is 0 Å². The van der Waals surface area contributed by atoms with Crippen LogP contribution in [0.3, 0.4) is 0 Å². The summed E-state index contributed by atoms with van der Waals surface area (Å²) in [4.78, 5) is 22.3. The number of hydrazine groups is 1. The number of halogens is 1. The molecule has 0 atom stereocenters. The predicted molar refractivity (Wildman–Crippen MR) is 80.3 cm³/mol. The van der Waals surface area contributed by atoms with Crippen LogP contribution in [0.4, 0.5) is 17.1 Å². The maximum atomic E-state index is 12.1. The molecule has 0 fully saturated rings. The second-order valence-corrected chi connectivity index (χ2v) is 4.47. The van der Waals surface area contributed by atoms with E-state index in [4.69, 9.17) is 17.4 Å². The molecule has 0 saturated heterocycles. The molecule has 0 aromatic heterocycles. The van der Waals surface area contributed by atoms with Crippen molar-refractivity contribution in [1.29, 1.82) is 0 Å². The molecule has 21 heavy (non-hydrogen) atoms. The lowest BCUT2D eigenvalue weighted by Crippen LogP contribution is -2.14. The van der Waals surface area contributed by atoms with E-state index in [1.807, 2.05) is 0 Å². The summed E-state index contributed by atoms with van der Waals surface area (Å²) in [6, 6.07) is 10.6. The number of carbonyl (C=O) groups excluding carboxylic acids is 1. The van der Waals surface area contributed by atoms with E-state index in [0.717, 1.165) is 0 Å². The Morgan fingerprint density at radius 1 is 1.19 bits per heavy atom. The van der Waals surface area contributed by atoms with E-state index in [2.05, 4.69) is 10.7 Å². The van der Waals surface area contributed by atoms with E-state index in [1.165, 1.54) is 18.2 Å². The molecule has 0 aliphatic rings. The van der Waals surface area contributed by atoms with E-state index in [0.29, 0.717) is 10.7 Å². The number of nitrogens with zero attached hydrogens (tertiary/aromatic N) is 1. The Morgan fingerprint density at radius 3 is 2.52 bits per heavy atom. The van der Waals surface area contributed by atoms with Gasteiger partial charge in [0.25, 0.3) is 11.6 Å². The largest absolute Gasteiger partial charge is 0.321 e. The van der Waals surface area contributed by atoms with Gasteiger partial charge < -0.3 is 10.7 Å². The molecule has 0 aliphatic heterocycles. The summed E-state index contributed by atoms with van der Waals surface area (Å²) < 4.78 is 0. The lowest BCUT2D eigenvalue weighted by atomic mass is 10.1. The Kier molecular flexibility index (Phi) is 4.36. The van der Waals surface area contributed by atoms with Crippen LogP contribution in [0.2, 0.25) is 5.02 Å². The fourth-order valence-electron chi connectivity index (χ4n) is 1.71. The zero-order chi connectivity index (χ0) is 15.4. The van der Waals surface area contributed by atoms with Crippen LogP contribution in [-0.4, -0.2) is 10.8 Å². The highest BCUT2D eigenvalue weighted by Crippen LogP contribution is 2.26. The zero-order valence-electron chi connectivity index (χ0n) is 10.7. The lowest BCUT2D eigenvalue weighted by molar-refractivity contribution is -0.384. The van der Waals surface area contributed by atoms with Crippen molar-refractivity contribution < 1.29 is 9.72 Å². The summed E-state index contributed by atoms with van der Waals surface area (Å²) in [7, 11) is 0. The molecule has 1 amide bonds. The molecule has 0 saturated carbocycles. The van der Waals surface area contributed by atoms with Crippen molar-refractivity contribution in [2.24, 2.45) is 5.84 Å². The molecule has 2 rings (SSSR count). The normalized spacial score (nSPS) is 10.0. The summed E-state index contributed by atoms with van der Waals surface area (Å²) >= 11 is 5.94. The van der Waals surface area contributed by atoms with Crippen LogP contribution >= 0.6 is 11.6 Å². The van der Waals surface area contributed by atoms with Crippen LogP contribution in [0.25, 0.3) is 0 Å². The number of carbonyl (C=O) groups is 1. The first-order chi connectivity index (χ1) is 10.0. The third-order valence-electron chi connectivity index (χ3n) is 2.73. The van der Waals surface area contributed by atoms with Gasteiger partial charge in [0.05, 0.1) is 15.6 Å². The molecule has 8 heteroatoms. The standard InChI is InChI=1S/C13H11ClN4O3/c14-9-3-1-2-4-10(9)16-13(19)8-5-6-12(18(20)21)11(7-8)17-15/h1-7,17H,15H2,(H,16,19). The first-order valence-corrected chi connectivity index (χ1v) is 6.21. The number of nitro benzene ring substituents is 1. The van der Waals surface area contributed by atoms with E-state index >= 15 is 0 Å². The first kappa shape index (κ1) is 14.8. The fraction of sp³-hybridized carbons (Fsp3) is 0. The Hall–Kier alpha value is -2.64. The molecule has 4 N–H and O–H groups in total. The number of anilines is 2. The number of benzene rings is 2. The van der Waals surface area contributed by atoms with Gasteiger partial charge in [-0.15, -0.1) is 0 Å². The Morgan fingerprint density at radius 2 is 1.90 bits per heavy atom. The SMILES string of the molecule is NNc1cc(C(=O)Nc2ccccc2Cl)ccc1[N+](=O)[O-]. The van der Waals surface area contributed by atoms with E-state index in [1.54, 1.807) is 24.3 Å². The Labute approximate surface area is 124 Å². The topological polar surface area (TPSA) is 110 Å². The third-order valence-corrected chi connectivity index (χ3v) is 3.06. The van der Waals surface area contributed by atoms with Crippen molar-refractivity contribution in [3.8, 4) is 0 Å². The van der Waals surface area contributed by atoms with Crippen molar-refractivity contribution in [2.75, 3.05) is 10.7 Å². The highest BCUT2D eigenvalue weighted by atomic mass is 35.5. The maximum absolute atomic E-state index is 12.1. The number of nitrogens with two attached hydrogens (primary N) is 1. The van der Waals surface area contributed by atoms with Crippen molar-refractivity contribution in [1.82, 2.24) is 0 Å². The molecule has 0 aliphatic carbocycles. The minimum Gasteiger partial charge on any atom is -0.321 e. The predicted octanol–water partition coefficient (Wildman–Crippen LogP) is 2.79. The number of hydrogen-bond donors (Lipinski definition) is 3. The summed E-state index contributed by atoms with van der Waals surface area (Å²) in [5.41, 5.74) is 2.70. The number of rotatable bonds is 4. The lowest BCUT2D eigenvalue weighted by Gasteiger charge is -2.08. The average Bonchev–Trinajstić information content (AvgIpc) is 2.48. The number of nitrogens with one attached hydrogen (secondary N) is 2. The number of nitro groups is 1. The average molecular weight is 307 g/mol. The van der Waals surface area contributed by atoms with Crippen LogP contribution < -0.4 is 16.6 Å². The smallest absolute Gasteiger partial charge is 0.293 e. The van der Waals surface area contributed by atoms with Crippen LogP contribution in [0, 0.1) is 10.1 Å². The minimum absolute atomic E-state index is 0.0480. The second kappa shape index (κ2) is 6.21. The van der Waals surface area contributed by atoms with E-state index < -0.39 is 10.8 Å². The molecule has 7 nitrogen and oxygen atoms in total. The molecule has 0 heterocycles. The molecule has 0 bridgehead atoms. The van der Waals surface area contributed by atoms with Crippen molar-refractivity contribution in [3.05, 3.63) is 63.2 Å².